The van der Waals surface area contributed by atoms with Gasteiger partial charge < -0.3 is 14.3 Å². The predicted molar refractivity (Wildman–Crippen MR) is 125 cm³/mol. The summed E-state index contributed by atoms with van der Waals surface area (Å²) in [6, 6.07) is 16.7. The molecule has 5 rings (SSSR count). The number of carbonyl (C=O) groups excluding carboxylic acids is 2. The molecule has 1 saturated heterocycles. The Morgan fingerprint density at radius 3 is 2.64 bits per heavy atom. The molecule has 1 aliphatic heterocycles. The van der Waals surface area contributed by atoms with Gasteiger partial charge in [0.1, 0.15) is 29.1 Å². The fourth-order valence-corrected chi connectivity index (χ4v) is 4.92. The molecule has 3 heterocycles. The lowest BCUT2D eigenvalue weighted by atomic mass is 9.99. The first-order valence-electron chi connectivity index (χ1n) is 10.4. The number of aliphatic hydroxyl groups excluding tert-OH is 1. The molecule has 0 spiro atoms. The first-order valence-corrected chi connectivity index (χ1v) is 11.3. The van der Waals surface area contributed by atoms with Crippen LogP contribution in [0.4, 0.5) is 5.13 Å². The van der Waals surface area contributed by atoms with Gasteiger partial charge in [-0.25, -0.2) is 4.98 Å². The van der Waals surface area contributed by atoms with Gasteiger partial charge in [0.2, 0.25) is 0 Å². The monoisotopic (exact) mass is 460 g/mol. The van der Waals surface area contributed by atoms with Crippen molar-refractivity contribution in [2.45, 2.75) is 19.9 Å². The van der Waals surface area contributed by atoms with Crippen molar-refractivity contribution in [2.75, 3.05) is 11.5 Å². The molecule has 8 heteroatoms. The number of ether oxygens (including phenoxy) is 1. The Labute approximate surface area is 193 Å². The highest BCUT2D eigenvalue weighted by Gasteiger charge is 2.49. The fourth-order valence-electron chi connectivity index (χ4n) is 3.90. The Balaban J connectivity index is 1.68. The second-order valence-electron chi connectivity index (χ2n) is 7.54. The van der Waals surface area contributed by atoms with Gasteiger partial charge in [-0.3, -0.25) is 14.5 Å². The number of aryl methyl sites for hydroxylation is 1. The van der Waals surface area contributed by atoms with Crippen molar-refractivity contribution in [2.24, 2.45) is 0 Å². The second kappa shape index (κ2) is 8.22. The van der Waals surface area contributed by atoms with Crippen molar-refractivity contribution in [1.29, 1.82) is 0 Å². The minimum atomic E-state index is -0.939. The van der Waals surface area contributed by atoms with Crippen molar-refractivity contribution in [1.82, 2.24) is 4.98 Å². The third-order valence-corrected chi connectivity index (χ3v) is 6.41. The number of aromatic nitrogens is 1. The van der Waals surface area contributed by atoms with Crippen LogP contribution >= 0.6 is 11.3 Å². The highest BCUT2D eigenvalue weighted by molar-refractivity contribution is 7.22. The van der Waals surface area contributed by atoms with Crippen molar-refractivity contribution >= 4 is 44.1 Å². The molecule has 166 valence electrons. The van der Waals surface area contributed by atoms with Crippen LogP contribution in [0.2, 0.25) is 0 Å². The number of hydrogen-bond acceptors (Lipinski definition) is 7. The second-order valence-corrected chi connectivity index (χ2v) is 8.55. The molecule has 1 fully saturated rings. The van der Waals surface area contributed by atoms with Crippen LogP contribution in [0, 0.1) is 6.92 Å². The van der Waals surface area contributed by atoms with E-state index < -0.39 is 17.7 Å². The number of ketones is 1. The van der Waals surface area contributed by atoms with Crippen LogP contribution in [0.15, 0.2) is 70.7 Å². The molecule has 33 heavy (non-hydrogen) atoms. The zero-order chi connectivity index (χ0) is 23.1. The third-order valence-electron chi connectivity index (χ3n) is 5.39. The molecule has 4 aromatic rings. The molecule has 7 nitrogen and oxygen atoms in total. The Hall–Kier alpha value is -3.91. The number of hydrogen-bond donors (Lipinski definition) is 1. The minimum Gasteiger partial charge on any atom is -0.507 e. The molecular weight excluding hydrogens is 440 g/mol. The van der Waals surface area contributed by atoms with Crippen LogP contribution in [-0.2, 0) is 9.59 Å². The van der Waals surface area contributed by atoms with Crippen molar-refractivity contribution < 1.29 is 23.8 Å². The van der Waals surface area contributed by atoms with E-state index >= 15 is 0 Å². The van der Waals surface area contributed by atoms with Gasteiger partial charge in [-0.05, 0) is 44.2 Å². The summed E-state index contributed by atoms with van der Waals surface area (Å²) >= 11 is 1.27. The molecule has 1 N–H and O–H groups in total. The van der Waals surface area contributed by atoms with Gasteiger partial charge in [0, 0.05) is 5.56 Å². The number of aliphatic hydroxyl groups is 1. The molecular formula is C25H20N2O5S. The summed E-state index contributed by atoms with van der Waals surface area (Å²) < 4.78 is 12.2. The number of anilines is 1. The van der Waals surface area contributed by atoms with Crippen LogP contribution in [0.5, 0.6) is 5.75 Å². The van der Waals surface area contributed by atoms with E-state index in [0.29, 0.717) is 40.1 Å². The van der Waals surface area contributed by atoms with Crippen LogP contribution in [0.1, 0.15) is 30.0 Å². The Kier molecular flexibility index (Phi) is 5.22. The summed E-state index contributed by atoms with van der Waals surface area (Å²) in [5.74, 6) is -0.112. The summed E-state index contributed by atoms with van der Waals surface area (Å²) in [5, 5.41) is 11.4. The number of fused-ring (bicyclic) bond motifs is 1. The highest BCUT2D eigenvalue weighted by atomic mass is 32.1. The summed E-state index contributed by atoms with van der Waals surface area (Å²) in [5.41, 5.74) is 1.09. The molecule has 0 radical (unpaired) electrons. The molecule has 2 aromatic carbocycles. The van der Waals surface area contributed by atoms with E-state index in [-0.39, 0.29) is 11.3 Å². The normalized spacial score (nSPS) is 17.8. The fraction of sp³-hybridized carbons (Fsp3) is 0.160. The van der Waals surface area contributed by atoms with E-state index in [0.717, 1.165) is 4.70 Å². The molecule has 1 atom stereocenters. The lowest BCUT2D eigenvalue weighted by molar-refractivity contribution is -0.132. The molecule has 1 aliphatic rings. The van der Waals surface area contributed by atoms with Crippen LogP contribution in [0.3, 0.4) is 0 Å². The van der Waals surface area contributed by atoms with Gasteiger partial charge in [-0.1, -0.05) is 41.7 Å². The number of amides is 1. The lowest BCUT2D eigenvalue weighted by Crippen LogP contribution is -2.29. The average molecular weight is 461 g/mol. The number of benzene rings is 2. The van der Waals surface area contributed by atoms with E-state index in [1.54, 1.807) is 49.4 Å². The lowest BCUT2D eigenvalue weighted by Gasteiger charge is -2.20. The van der Waals surface area contributed by atoms with E-state index in [1.807, 2.05) is 25.1 Å². The van der Waals surface area contributed by atoms with Crippen molar-refractivity contribution in [3.63, 3.8) is 0 Å². The van der Waals surface area contributed by atoms with Gasteiger partial charge in [0.15, 0.2) is 5.13 Å². The molecule has 0 bridgehead atoms. The van der Waals surface area contributed by atoms with E-state index in [1.165, 1.54) is 16.2 Å². The SMILES string of the molecule is CCOc1ccc2nc(N3C(=O)C(=O)C(=C(O)c4ccccc4)C3c3ccc(C)o3)sc2c1. The maximum absolute atomic E-state index is 13.2. The van der Waals surface area contributed by atoms with E-state index in [4.69, 9.17) is 9.15 Å². The van der Waals surface area contributed by atoms with Crippen molar-refractivity contribution in [3.8, 4) is 5.75 Å². The number of nitrogens with zero attached hydrogens (tertiary/aromatic N) is 2. The molecule has 0 saturated carbocycles. The Morgan fingerprint density at radius 1 is 1.15 bits per heavy atom. The standard InChI is InChI=1S/C25H20N2O5S/c1-3-31-16-10-11-17-19(13-16)33-25(26-17)27-21(18-12-9-14(2)32-18)20(23(29)24(27)30)22(28)15-7-5-4-6-8-15/h4-13,21,28H,3H2,1-2H3. The van der Waals surface area contributed by atoms with Crippen molar-refractivity contribution in [3.05, 3.63) is 83.3 Å². The average Bonchev–Trinajstić information content (AvgIpc) is 3.50. The minimum absolute atomic E-state index is 0.0326. The van der Waals surface area contributed by atoms with E-state index in [9.17, 15) is 14.7 Å². The first-order chi connectivity index (χ1) is 16.0. The number of rotatable bonds is 5. The first kappa shape index (κ1) is 21.0. The van der Waals surface area contributed by atoms with Crippen LogP contribution < -0.4 is 9.64 Å². The van der Waals surface area contributed by atoms with E-state index in [2.05, 4.69) is 4.98 Å². The van der Waals surface area contributed by atoms with Gasteiger partial charge >= 0.3 is 5.91 Å². The molecule has 1 unspecified atom stereocenters. The number of furan rings is 1. The van der Waals surface area contributed by atoms with Crippen LogP contribution in [0.25, 0.3) is 16.0 Å². The summed E-state index contributed by atoms with van der Waals surface area (Å²) in [7, 11) is 0. The quantitative estimate of drug-likeness (QED) is 0.249. The topological polar surface area (TPSA) is 92.9 Å². The Morgan fingerprint density at radius 2 is 1.94 bits per heavy atom. The third kappa shape index (κ3) is 3.58. The predicted octanol–water partition coefficient (Wildman–Crippen LogP) is 5.22. The summed E-state index contributed by atoms with van der Waals surface area (Å²) in [6.07, 6.45) is 0. The highest BCUT2D eigenvalue weighted by Crippen LogP contribution is 2.45. The Bertz CT molecular complexity index is 1400. The zero-order valence-electron chi connectivity index (χ0n) is 17.9. The van der Waals surface area contributed by atoms with Gasteiger partial charge in [-0.15, -0.1) is 0 Å². The van der Waals surface area contributed by atoms with Crippen LogP contribution in [-0.4, -0.2) is 28.4 Å². The summed E-state index contributed by atoms with van der Waals surface area (Å²) in [6.45, 7) is 4.21. The number of Topliss-reactive ketones (excluding diaryl/α,β-unsaturated/α-hetero) is 1. The van der Waals surface area contributed by atoms with Gasteiger partial charge in [-0.2, -0.15) is 0 Å². The zero-order valence-corrected chi connectivity index (χ0v) is 18.8. The molecule has 2 aromatic heterocycles. The number of carbonyl (C=O) groups is 2. The maximum atomic E-state index is 13.2. The molecule has 0 aliphatic carbocycles. The van der Waals surface area contributed by atoms with Gasteiger partial charge in [0.05, 0.1) is 22.4 Å². The number of thiazole rings is 1. The smallest absolute Gasteiger partial charge is 0.302 e. The molecule has 1 amide bonds. The van der Waals surface area contributed by atoms with Gasteiger partial charge in [0.25, 0.3) is 5.78 Å². The maximum Gasteiger partial charge on any atom is 0.302 e. The summed E-state index contributed by atoms with van der Waals surface area (Å²) in [4.78, 5) is 32.3. The largest absolute Gasteiger partial charge is 0.507 e.